The van der Waals surface area contributed by atoms with Gasteiger partial charge in [0.05, 0.1) is 0 Å². The molecular weight excluding hydrogens is 528 g/mol. The molecule has 0 aromatic rings. The summed E-state index contributed by atoms with van der Waals surface area (Å²) in [5.41, 5.74) is 0. The molecule has 42 heavy (non-hydrogen) atoms. The van der Waals surface area contributed by atoms with Crippen molar-refractivity contribution in [3.8, 4) is 0 Å². The van der Waals surface area contributed by atoms with E-state index in [1.165, 1.54) is 153 Å². The SMILES string of the molecule is CCCCCCCCCCCCCCC/C=C(\O)C(=O)O.CCCCCCCCCCCCCCC/C=C(\O)C(=O)O. The summed E-state index contributed by atoms with van der Waals surface area (Å²) in [5.74, 6) is -3.50. The first kappa shape index (κ1) is 42.2. The van der Waals surface area contributed by atoms with E-state index in [4.69, 9.17) is 20.4 Å². The minimum absolute atomic E-state index is 0.520. The summed E-state index contributed by atoms with van der Waals surface area (Å²) in [6, 6.07) is 0. The average Bonchev–Trinajstić information content (AvgIpc) is 2.97. The molecule has 0 radical (unpaired) electrons. The van der Waals surface area contributed by atoms with Crippen molar-refractivity contribution in [2.45, 2.75) is 194 Å². The summed E-state index contributed by atoms with van der Waals surface area (Å²) >= 11 is 0. The fraction of sp³-hybridized carbons (Fsp3) is 0.833. The van der Waals surface area contributed by atoms with Gasteiger partial charge in [0.1, 0.15) is 0 Å². The van der Waals surface area contributed by atoms with Crippen LogP contribution in [0, 0.1) is 0 Å². The number of carboxylic acid groups (broad SMARTS) is 2. The summed E-state index contributed by atoms with van der Waals surface area (Å²) in [6.45, 7) is 4.51. The van der Waals surface area contributed by atoms with Crippen molar-refractivity contribution in [3.63, 3.8) is 0 Å². The Kier molecular flexibility index (Phi) is 35.3. The average molecular weight is 597 g/mol. The smallest absolute Gasteiger partial charge is 0.370 e. The van der Waals surface area contributed by atoms with E-state index in [9.17, 15) is 9.59 Å². The fourth-order valence-electron chi connectivity index (χ4n) is 4.98. The third-order valence-corrected chi connectivity index (χ3v) is 7.73. The first-order valence-corrected chi connectivity index (χ1v) is 17.6. The van der Waals surface area contributed by atoms with Crippen LogP contribution in [0.5, 0.6) is 0 Å². The van der Waals surface area contributed by atoms with Crippen LogP contribution in [-0.2, 0) is 9.59 Å². The van der Waals surface area contributed by atoms with E-state index in [2.05, 4.69) is 13.8 Å². The standard InChI is InChI=1S/2C18H34O3/c2*1-2-3-4-5-6-7-8-9-10-11-12-13-14-15-16-17(19)18(20)21/h2*16,19H,2-15H2,1H3,(H,20,21)/b2*17-16-. The maximum atomic E-state index is 10.3. The Labute approximate surface area is 259 Å². The molecule has 6 nitrogen and oxygen atoms in total. The lowest BCUT2D eigenvalue weighted by Gasteiger charge is -2.02. The molecule has 0 fully saturated rings. The molecule has 0 saturated heterocycles. The van der Waals surface area contributed by atoms with E-state index in [1.807, 2.05) is 0 Å². The molecule has 0 aliphatic rings. The Morgan fingerprint density at radius 2 is 0.548 bits per heavy atom. The number of unbranched alkanes of at least 4 members (excludes halogenated alkanes) is 26. The number of carboxylic acids is 2. The minimum Gasteiger partial charge on any atom is -0.502 e. The topological polar surface area (TPSA) is 115 Å². The van der Waals surface area contributed by atoms with Gasteiger partial charge in [-0.3, -0.25) is 0 Å². The molecule has 0 aromatic carbocycles. The molecule has 0 atom stereocenters. The maximum Gasteiger partial charge on any atom is 0.370 e. The van der Waals surface area contributed by atoms with Gasteiger partial charge in [-0.2, -0.15) is 0 Å². The van der Waals surface area contributed by atoms with Gasteiger partial charge in [-0.15, -0.1) is 0 Å². The lowest BCUT2D eigenvalue weighted by molar-refractivity contribution is -0.136. The van der Waals surface area contributed by atoms with Crippen molar-refractivity contribution in [1.82, 2.24) is 0 Å². The Bertz CT molecular complexity index is 599. The molecule has 0 amide bonds. The lowest BCUT2D eigenvalue weighted by atomic mass is 10.0. The number of rotatable bonds is 30. The minimum atomic E-state index is -1.23. The van der Waals surface area contributed by atoms with Gasteiger partial charge in [-0.25, -0.2) is 9.59 Å². The van der Waals surface area contributed by atoms with E-state index in [1.54, 1.807) is 0 Å². The summed E-state index contributed by atoms with van der Waals surface area (Å²) in [5, 5.41) is 34.9. The molecule has 0 saturated carbocycles. The van der Waals surface area contributed by atoms with Crippen LogP contribution in [0.3, 0.4) is 0 Å². The van der Waals surface area contributed by atoms with Crippen molar-refractivity contribution in [2.75, 3.05) is 0 Å². The number of aliphatic hydroxyl groups is 2. The zero-order chi connectivity index (χ0) is 31.5. The largest absolute Gasteiger partial charge is 0.502 e. The molecule has 0 unspecified atom stereocenters. The van der Waals surface area contributed by atoms with Gasteiger partial charge in [0.25, 0.3) is 0 Å². The van der Waals surface area contributed by atoms with Gasteiger partial charge in [-0.05, 0) is 37.8 Å². The van der Waals surface area contributed by atoms with Crippen molar-refractivity contribution < 1.29 is 30.0 Å². The Hall–Kier alpha value is -1.98. The van der Waals surface area contributed by atoms with Crippen LogP contribution in [0.4, 0.5) is 0 Å². The second kappa shape index (κ2) is 35.2. The van der Waals surface area contributed by atoms with Crippen molar-refractivity contribution >= 4 is 11.9 Å². The predicted molar refractivity (Wildman–Crippen MR) is 177 cm³/mol. The van der Waals surface area contributed by atoms with E-state index in [0.717, 1.165) is 25.7 Å². The number of hydrogen-bond acceptors (Lipinski definition) is 4. The summed E-state index contributed by atoms with van der Waals surface area (Å²) < 4.78 is 0. The fourth-order valence-corrected chi connectivity index (χ4v) is 4.98. The van der Waals surface area contributed by atoms with E-state index < -0.39 is 23.5 Å². The molecule has 4 N–H and O–H groups in total. The normalized spacial score (nSPS) is 11.8. The number of hydrogen-bond donors (Lipinski definition) is 4. The molecule has 0 spiro atoms. The van der Waals surface area contributed by atoms with Crippen molar-refractivity contribution in [3.05, 3.63) is 23.7 Å². The van der Waals surface area contributed by atoms with Gasteiger partial charge >= 0.3 is 11.9 Å². The van der Waals surface area contributed by atoms with Crippen LogP contribution in [0.25, 0.3) is 0 Å². The maximum absolute atomic E-state index is 10.3. The van der Waals surface area contributed by atoms with E-state index in [0.29, 0.717) is 12.8 Å². The second-order valence-electron chi connectivity index (χ2n) is 11.9. The Balaban J connectivity index is 0. The second-order valence-corrected chi connectivity index (χ2v) is 11.9. The quantitative estimate of drug-likeness (QED) is 0.0372. The highest BCUT2D eigenvalue weighted by Crippen LogP contribution is 2.14. The van der Waals surface area contributed by atoms with Crippen molar-refractivity contribution in [2.24, 2.45) is 0 Å². The van der Waals surface area contributed by atoms with Crippen LogP contribution in [0.2, 0.25) is 0 Å². The highest BCUT2D eigenvalue weighted by Gasteiger charge is 2.02. The molecule has 0 aromatic heterocycles. The van der Waals surface area contributed by atoms with Gasteiger partial charge < -0.3 is 20.4 Å². The molecule has 0 heterocycles. The first-order valence-electron chi connectivity index (χ1n) is 17.6. The molecule has 248 valence electrons. The van der Waals surface area contributed by atoms with Crippen molar-refractivity contribution in [1.29, 1.82) is 0 Å². The summed E-state index contributed by atoms with van der Waals surface area (Å²) in [4.78, 5) is 20.7. The Morgan fingerprint density at radius 1 is 0.357 bits per heavy atom. The predicted octanol–water partition coefficient (Wildman–Crippen LogP) is 12.0. The van der Waals surface area contributed by atoms with Crippen LogP contribution in [-0.4, -0.2) is 32.4 Å². The van der Waals surface area contributed by atoms with Crippen LogP contribution >= 0.6 is 0 Å². The first-order chi connectivity index (χ1) is 20.4. The third kappa shape index (κ3) is 36.0. The highest BCUT2D eigenvalue weighted by molar-refractivity contribution is 5.83. The monoisotopic (exact) mass is 597 g/mol. The number of aliphatic hydroxyl groups excluding tert-OH is 2. The lowest BCUT2D eigenvalue weighted by Crippen LogP contribution is -1.98. The molecular formula is C36H68O6. The van der Waals surface area contributed by atoms with E-state index in [-0.39, 0.29) is 0 Å². The van der Waals surface area contributed by atoms with Crippen LogP contribution < -0.4 is 0 Å². The van der Waals surface area contributed by atoms with Gasteiger partial charge in [-0.1, -0.05) is 168 Å². The van der Waals surface area contributed by atoms with Crippen LogP contribution in [0.1, 0.15) is 194 Å². The molecule has 0 aliphatic heterocycles. The summed E-state index contributed by atoms with van der Waals surface area (Å²) in [6.07, 6.45) is 38.1. The van der Waals surface area contributed by atoms with Gasteiger partial charge in [0, 0.05) is 0 Å². The third-order valence-electron chi connectivity index (χ3n) is 7.73. The number of allylic oxidation sites excluding steroid dienone is 2. The Morgan fingerprint density at radius 3 is 0.738 bits per heavy atom. The highest BCUT2D eigenvalue weighted by atomic mass is 16.4. The molecule has 6 heteroatoms. The van der Waals surface area contributed by atoms with Crippen LogP contribution in [0.15, 0.2) is 23.7 Å². The van der Waals surface area contributed by atoms with Gasteiger partial charge in [0.2, 0.25) is 0 Å². The van der Waals surface area contributed by atoms with E-state index >= 15 is 0 Å². The summed E-state index contributed by atoms with van der Waals surface area (Å²) in [7, 11) is 0. The molecule has 0 aliphatic carbocycles. The number of carbonyl (C=O) groups is 2. The number of aliphatic carboxylic acids is 2. The molecule has 0 bridgehead atoms. The zero-order valence-electron chi connectivity index (χ0n) is 27.6. The molecule has 0 rings (SSSR count). The zero-order valence-corrected chi connectivity index (χ0v) is 27.6. The van der Waals surface area contributed by atoms with Gasteiger partial charge in [0.15, 0.2) is 11.5 Å².